The number of carbonyl (C=O) groups excluding carboxylic acids is 1. The van der Waals surface area contributed by atoms with Crippen LogP contribution < -0.4 is 0 Å². The van der Waals surface area contributed by atoms with Gasteiger partial charge >= 0.3 is 0 Å². The Kier molecular flexibility index (Phi) is 9.11. The second-order valence-corrected chi connectivity index (χ2v) is 5.93. The number of hydrogen-bond donors (Lipinski definition) is 0. The summed E-state index contributed by atoms with van der Waals surface area (Å²) >= 11 is 0. The van der Waals surface area contributed by atoms with Crippen LogP contribution in [0.3, 0.4) is 0 Å². The molecule has 0 atom stereocenters. The number of rotatable bonds is 9. The van der Waals surface area contributed by atoms with Crippen LogP contribution in [0.1, 0.15) is 79.1 Å². The van der Waals surface area contributed by atoms with Crippen LogP contribution in [0.4, 0.5) is 0 Å². The molecule has 17 heavy (non-hydrogen) atoms. The van der Waals surface area contributed by atoms with Gasteiger partial charge in [0, 0.05) is 5.41 Å². The largest absolute Gasteiger partial charge is 0.294 e. The molecule has 0 spiro atoms. The summed E-state index contributed by atoms with van der Waals surface area (Å²) in [6, 6.07) is 0. The van der Waals surface area contributed by atoms with E-state index in [9.17, 15) is 4.79 Å². The molecule has 0 fully saturated rings. The van der Waals surface area contributed by atoms with Gasteiger partial charge in [0.05, 0.1) is 0 Å². The van der Waals surface area contributed by atoms with Crippen molar-refractivity contribution in [2.24, 2.45) is 5.41 Å². The molecule has 0 unspecified atom stereocenters. The fourth-order valence-electron chi connectivity index (χ4n) is 1.66. The fourth-order valence-corrected chi connectivity index (χ4v) is 1.66. The minimum atomic E-state index is -0.226. The van der Waals surface area contributed by atoms with E-state index in [1.165, 1.54) is 44.9 Å². The lowest BCUT2D eigenvalue weighted by atomic mass is 9.90. The van der Waals surface area contributed by atoms with Gasteiger partial charge in [-0.1, -0.05) is 72.3 Å². The van der Waals surface area contributed by atoms with Crippen LogP contribution in [0.15, 0.2) is 12.2 Å². The molecule has 1 nitrogen and oxygen atoms in total. The van der Waals surface area contributed by atoms with Crippen molar-refractivity contribution >= 4 is 5.78 Å². The summed E-state index contributed by atoms with van der Waals surface area (Å²) in [7, 11) is 0. The summed E-state index contributed by atoms with van der Waals surface area (Å²) in [6.07, 6.45) is 14.2. The normalized spacial score (nSPS) is 12.2. The molecular formula is C16H30O. The highest BCUT2D eigenvalue weighted by atomic mass is 16.1. The van der Waals surface area contributed by atoms with Crippen molar-refractivity contribution in [3.8, 4) is 0 Å². The van der Waals surface area contributed by atoms with Crippen molar-refractivity contribution in [2.45, 2.75) is 79.1 Å². The van der Waals surface area contributed by atoms with E-state index in [1.54, 1.807) is 6.08 Å². The van der Waals surface area contributed by atoms with Crippen molar-refractivity contribution in [1.82, 2.24) is 0 Å². The first-order valence-electron chi connectivity index (χ1n) is 7.19. The monoisotopic (exact) mass is 238 g/mol. The molecule has 100 valence electrons. The van der Waals surface area contributed by atoms with E-state index in [2.05, 4.69) is 6.92 Å². The van der Waals surface area contributed by atoms with E-state index in [1.807, 2.05) is 26.8 Å². The smallest absolute Gasteiger partial charge is 0.160 e. The van der Waals surface area contributed by atoms with Gasteiger partial charge in [-0.05, 0) is 18.9 Å². The van der Waals surface area contributed by atoms with E-state index in [4.69, 9.17) is 0 Å². The lowest BCUT2D eigenvalue weighted by molar-refractivity contribution is -0.121. The average molecular weight is 238 g/mol. The first-order valence-corrected chi connectivity index (χ1v) is 7.19. The lowest BCUT2D eigenvalue weighted by Gasteiger charge is -2.12. The van der Waals surface area contributed by atoms with Crippen LogP contribution in [0, 0.1) is 5.41 Å². The third kappa shape index (κ3) is 10.3. The van der Waals surface area contributed by atoms with Crippen molar-refractivity contribution < 1.29 is 4.79 Å². The van der Waals surface area contributed by atoms with Crippen molar-refractivity contribution in [1.29, 1.82) is 0 Å². The van der Waals surface area contributed by atoms with Crippen molar-refractivity contribution in [2.75, 3.05) is 0 Å². The Labute approximate surface area is 108 Å². The molecule has 0 saturated heterocycles. The number of ketones is 1. The molecule has 0 radical (unpaired) electrons. The Bertz CT molecular complexity index is 220. The first kappa shape index (κ1) is 16.4. The molecule has 0 aliphatic rings. The maximum absolute atomic E-state index is 11.6. The molecule has 0 aromatic rings. The standard InChI is InChI=1S/C16H30O/c1-5-6-7-8-9-10-11-12-13-14-15(17)16(2,3)4/h13-14H,5-12H2,1-4H3/b14-13+. The minimum Gasteiger partial charge on any atom is -0.294 e. The Hall–Kier alpha value is -0.590. The summed E-state index contributed by atoms with van der Waals surface area (Å²) in [5.74, 6) is 0.237. The average Bonchev–Trinajstić information content (AvgIpc) is 2.25. The van der Waals surface area contributed by atoms with Crippen LogP contribution in [-0.4, -0.2) is 5.78 Å². The maximum Gasteiger partial charge on any atom is 0.160 e. The van der Waals surface area contributed by atoms with E-state index in [0.29, 0.717) is 0 Å². The quantitative estimate of drug-likeness (QED) is 0.393. The minimum absolute atomic E-state index is 0.226. The molecule has 0 aliphatic carbocycles. The van der Waals surface area contributed by atoms with Gasteiger partial charge in [-0.15, -0.1) is 0 Å². The van der Waals surface area contributed by atoms with Gasteiger partial charge in [0.25, 0.3) is 0 Å². The van der Waals surface area contributed by atoms with Gasteiger partial charge in [-0.25, -0.2) is 0 Å². The van der Waals surface area contributed by atoms with Crippen LogP contribution in [-0.2, 0) is 4.79 Å². The van der Waals surface area contributed by atoms with Crippen molar-refractivity contribution in [3.05, 3.63) is 12.2 Å². The molecule has 0 saturated carbocycles. The molecule has 0 aromatic carbocycles. The van der Waals surface area contributed by atoms with Crippen LogP contribution >= 0.6 is 0 Å². The fraction of sp³-hybridized carbons (Fsp3) is 0.812. The molecular weight excluding hydrogens is 208 g/mol. The summed E-state index contributed by atoms with van der Waals surface area (Å²) in [5, 5.41) is 0. The zero-order valence-corrected chi connectivity index (χ0v) is 12.2. The van der Waals surface area contributed by atoms with E-state index < -0.39 is 0 Å². The SMILES string of the molecule is CCCCCCCCC/C=C/C(=O)C(C)(C)C. The number of allylic oxidation sites excluding steroid dienone is 2. The van der Waals surface area contributed by atoms with Gasteiger partial charge in [-0.3, -0.25) is 4.79 Å². The van der Waals surface area contributed by atoms with Crippen LogP contribution in [0.2, 0.25) is 0 Å². The van der Waals surface area contributed by atoms with Gasteiger partial charge < -0.3 is 0 Å². The van der Waals surface area contributed by atoms with E-state index >= 15 is 0 Å². The topological polar surface area (TPSA) is 17.1 Å². The second kappa shape index (κ2) is 9.44. The predicted molar refractivity (Wildman–Crippen MR) is 76.2 cm³/mol. The highest BCUT2D eigenvalue weighted by Crippen LogP contribution is 2.15. The highest BCUT2D eigenvalue weighted by Gasteiger charge is 2.17. The highest BCUT2D eigenvalue weighted by molar-refractivity contribution is 5.93. The summed E-state index contributed by atoms with van der Waals surface area (Å²) in [6.45, 7) is 8.14. The lowest BCUT2D eigenvalue weighted by Crippen LogP contribution is -2.17. The summed E-state index contributed by atoms with van der Waals surface area (Å²) in [5.41, 5.74) is -0.226. The molecule has 0 N–H and O–H groups in total. The molecule has 0 amide bonds. The number of hydrogen-bond acceptors (Lipinski definition) is 1. The molecule has 0 bridgehead atoms. The summed E-state index contributed by atoms with van der Waals surface area (Å²) < 4.78 is 0. The van der Waals surface area contributed by atoms with E-state index in [0.717, 1.165) is 6.42 Å². The zero-order chi connectivity index (χ0) is 13.1. The summed E-state index contributed by atoms with van der Waals surface area (Å²) in [4.78, 5) is 11.6. The van der Waals surface area contributed by atoms with Crippen LogP contribution in [0.5, 0.6) is 0 Å². The van der Waals surface area contributed by atoms with Gasteiger partial charge in [0.1, 0.15) is 0 Å². The Morgan fingerprint density at radius 2 is 1.47 bits per heavy atom. The third-order valence-corrected chi connectivity index (χ3v) is 2.98. The molecule has 0 rings (SSSR count). The molecule has 0 aromatic heterocycles. The van der Waals surface area contributed by atoms with Gasteiger partial charge in [0.15, 0.2) is 5.78 Å². The molecule has 1 heteroatoms. The van der Waals surface area contributed by atoms with Crippen molar-refractivity contribution in [3.63, 3.8) is 0 Å². The number of unbranched alkanes of at least 4 members (excludes halogenated alkanes) is 7. The predicted octanol–water partition coefficient (Wildman–Crippen LogP) is 5.30. The Balaban J connectivity index is 3.40. The van der Waals surface area contributed by atoms with E-state index in [-0.39, 0.29) is 11.2 Å². The second-order valence-electron chi connectivity index (χ2n) is 5.93. The Morgan fingerprint density at radius 3 is 2.00 bits per heavy atom. The Morgan fingerprint density at radius 1 is 0.941 bits per heavy atom. The first-order chi connectivity index (χ1) is 7.98. The maximum atomic E-state index is 11.6. The number of carbonyl (C=O) groups is 1. The van der Waals surface area contributed by atoms with Gasteiger partial charge in [0.2, 0.25) is 0 Å². The molecule has 0 heterocycles. The van der Waals surface area contributed by atoms with Crippen LogP contribution in [0.25, 0.3) is 0 Å². The zero-order valence-electron chi connectivity index (χ0n) is 12.2. The molecule has 0 aliphatic heterocycles. The third-order valence-electron chi connectivity index (χ3n) is 2.98. The van der Waals surface area contributed by atoms with Gasteiger partial charge in [-0.2, -0.15) is 0 Å².